The van der Waals surface area contributed by atoms with Gasteiger partial charge in [-0.05, 0) is 60.8 Å². The summed E-state index contributed by atoms with van der Waals surface area (Å²) in [5.41, 5.74) is 2.47. The van der Waals surface area contributed by atoms with Gasteiger partial charge in [-0.25, -0.2) is 8.42 Å². The fourth-order valence-electron chi connectivity index (χ4n) is 4.31. The van der Waals surface area contributed by atoms with E-state index in [1.54, 1.807) is 42.5 Å². The first-order valence-corrected chi connectivity index (χ1v) is 13.4. The van der Waals surface area contributed by atoms with Gasteiger partial charge in [0.15, 0.2) is 0 Å². The lowest BCUT2D eigenvalue weighted by atomic mass is 9.89. The fraction of sp³-hybridized carbons (Fsp3) is 0.269. The number of nitrogens with zero attached hydrogens (tertiary/aromatic N) is 1. The second-order valence-corrected chi connectivity index (χ2v) is 11.0. The zero-order chi connectivity index (χ0) is 24.2. The molecule has 34 heavy (non-hydrogen) atoms. The molecular formula is C26H28ClN3O3S. The molecule has 0 spiro atoms. The lowest BCUT2D eigenvalue weighted by Gasteiger charge is -2.30. The Morgan fingerprint density at radius 1 is 1.03 bits per heavy atom. The molecule has 0 unspecified atom stereocenters. The monoisotopic (exact) mass is 497 g/mol. The molecule has 1 aliphatic heterocycles. The van der Waals surface area contributed by atoms with Gasteiger partial charge in [-0.2, -0.15) is 0 Å². The average molecular weight is 498 g/mol. The van der Waals surface area contributed by atoms with Crippen LogP contribution >= 0.6 is 11.6 Å². The van der Waals surface area contributed by atoms with Gasteiger partial charge < -0.3 is 10.6 Å². The van der Waals surface area contributed by atoms with E-state index in [4.69, 9.17) is 11.6 Å². The van der Waals surface area contributed by atoms with Gasteiger partial charge in [0, 0.05) is 17.1 Å². The minimum Gasteiger partial charge on any atom is -0.345 e. The highest BCUT2D eigenvalue weighted by Crippen LogP contribution is 2.26. The first-order valence-electron chi connectivity index (χ1n) is 11.1. The molecular weight excluding hydrogens is 470 g/mol. The molecule has 1 heterocycles. The zero-order valence-electron chi connectivity index (χ0n) is 19.0. The van der Waals surface area contributed by atoms with Gasteiger partial charge in [-0.15, -0.1) is 0 Å². The first-order chi connectivity index (χ1) is 16.3. The minimum absolute atomic E-state index is 0.107. The molecule has 3 aromatic carbocycles. The second kappa shape index (κ2) is 10.2. The van der Waals surface area contributed by atoms with Crippen LogP contribution < -0.4 is 14.9 Å². The Balaban J connectivity index is 1.52. The summed E-state index contributed by atoms with van der Waals surface area (Å²) in [7, 11) is -3.56. The summed E-state index contributed by atoms with van der Waals surface area (Å²) in [6, 6.07) is 23.9. The minimum atomic E-state index is -3.56. The highest BCUT2D eigenvalue weighted by molar-refractivity contribution is 7.92. The largest absolute Gasteiger partial charge is 0.345 e. The zero-order valence-corrected chi connectivity index (χ0v) is 20.6. The van der Waals surface area contributed by atoms with Crippen molar-refractivity contribution in [2.75, 3.05) is 23.7 Å². The molecule has 4 rings (SSSR count). The number of anilines is 1. The molecule has 1 fully saturated rings. The molecule has 8 heteroatoms. The number of benzene rings is 3. The Morgan fingerprint density at radius 3 is 2.32 bits per heavy atom. The van der Waals surface area contributed by atoms with Gasteiger partial charge in [0.1, 0.15) is 0 Å². The maximum atomic E-state index is 13.1. The van der Waals surface area contributed by atoms with Crippen LogP contribution in [0.4, 0.5) is 5.69 Å². The summed E-state index contributed by atoms with van der Waals surface area (Å²) < 4.78 is 26.3. The van der Waals surface area contributed by atoms with Gasteiger partial charge in [0.05, 0.1) is 24.0 Å². The van der Waals surface area contributed by atoms with E-state index < -0.39 is 10.0 Å². The quantitative estimate of drug-likeness (QED) is 0.493. The van der Waals surface area contributed by atoms with Gasteiger partial charge >= 0.3 is 0 Å². The third-order valence-electron chi connectivity index (χ3n) is 6.10. The second-order valence-electron chi connectivity index (χ2n) is 8.73. The first kappa shape index (κ1) is 24.3. The predicted molar refractivity (Wildman–Crippen MR) is 137 cm³/mol. The fourth-order valence-corrected chi connectivity index (χ4v) is 5.38. The highest BCUT2D eigenvalue weighted by atomic mass is 35.5. The summed E-state index contributed by atoms with van der Waals surface area (Å²) in [6.45, 7) is 1.65. The Bertz CT molecular complexity index is 1240. The Morgan fingerprint density at radius 2 is 1.71 bits per heavy atom. The molecule has 178 valence electrons. The standard InChI is InChI=1S/C26H28ClN3O3S/c1-34(32,33)30(18-22-9-5-6-10-24(22)27)23-13-11-21(12-14-23)25(31)29-26(15-16-28-19-26)17-20-7-3-2-4-8-20/h2-14,28H,15-19H2,1H3,(H,29,31)/t26-/m1/s1. The molecule has 3 aromatic rings. The Hall–Kier alpha value is -2.87. The highest BCUT2D eigenvalue weighted by Gasteiger charge is 2.35. The average Bonchev–Trinajstić information content (AvgIpc) is 3.26. The van der Waals surface area contributed by atoms with Gasteiger partial charge in [0.25, 0.3) is 5.91 Å². The molecule has 1 aliphatic rings. The van der Waals surface area contributed by atoms with Crippen molar-refractivity contribution in [1.29, 1.82) is 0 Å². The van der Waals surface area contributed by atoms with Gasteiger partial charge in [-0.1, -0.05) is 60.1 Å². The molecule has 2 N–H and O–H groups in total. The Kier molecular flexibility index (Phi) is 7.26. The SMILES string of the molecule is CS(=O)(=O)N(Cc1ccccc1Cl)c1ccc(C(=O)N[C@@]2(Cc3ccccc3)CCNC2)cc1. The molecule has 1 atom stereocenters. The van der Waals surface area contributed by atoms with Crippen molar-refractivity contribution in [2.24, 2.45) is 0 Å². The van der Waals surface area contributed by atoms with Crippen LogP contribution in [-0.2, 0) is 23.0 Å². The number of carbonyl (C=O) groups is 1. The number of hydrogen-bond donors (Lipinski definition) is 2. The van der Waals surface area contributed by atoms with Crippen molar-refractivity contribution in [2.45, 2.75) is 24.9 Å². The molecule has 0 saturated carbocycles. The lowest BCUT2D eigenvalue weighted by molar-refractivity contribution is 0.0905. The van der Waals surface area contributed by atoms with Gasteiger partial charge in [-0.3, -0.25) is 9.10 Å². The van der Waals surface area contributed by atoms with Crippen LogP contribution in [0.5, 0.6) is 0 Å². The van der Waals surface area contributed by atoms with Crippen LogP contribution in [0, 0.1) is 0 Å². The number of hydrogen-bond acceptors (Lipinski definition) is 4. The van der Waals surface area contributed by atoms with E-state index in [9.17, 15) is 13.2 Å². The summed E-state index contributed by atoms with van der Waals surface area (Å²) in [6.07, 6.45) is 2.74. The topological polar surface area (TPSA) is 78.5 Å². The number of rotatable bonds is 8. The number of nitrogens with one attached hydrogen (secondary N) is 2. The van der Waals surface area contributed by atoms with Crippen molar-refractivity contribution in [3.8, 4) is 0 Å². The van der Waals surface area contributed by atoms with Crippen molar-refractivity contribution in [3.63, 3.8) is 0 Å². The molecule has 1 amide bonds. The lowest BCUT2D eigenvalue weighted by Crippen LogP contribution is -2.51. The van der Waals surface area contributed by atoms with Gasteiger partial charge in [0.2, 0.25) is 10.0 Å². The van der Waals surface area contributed by atoms with Crippen molar-refractivity contribution in [1.82, 2.24) is 10.6 Å². The van der Waals surface area contributed by atoms with E-state index in [1.807, 2.05) is 24.3 Å². The van der Waals surface area contributed by atoms with Crippen molar-refractivity contribution < 1.29 is 13.2 Å². The van der Waals surface area contributed by atoms with E-state index in [0.717, 1.165) is 25.6 Å². The number of carbonyl (C=O) groups excluding carboxylic acids is 1. The maximum Gasteiger partial charge on any atom is 0.251 e. The van der Waals surface area contributed by atoms with E-state index in [1.165, 1.54) is 9.87 Å². The molecule has 1 saturated heterocycles. The van der Waals surface area contributed by atoms with Crippen LogP contribution in [0.3, 0.4) is 0 Å². The molecule has 0 aromatic heterocycles. The van der Waals surface area contributed by atoms with Crippen LogP contribution in [-0.4, -0.2) is 39.2 Å². The summed E-state index contributed by atoms with van der Waals surface area (Å²) in [5.74, 6) is -0.178. The van der Waals surface area contributed by atoms with E-state index in [0.29, 0.717) is 28.4 Å². The third kappa shape index (κ3) is 5.78. The van der Waals surface area contributed by atoms with E-state index in [2.05, 4.69) is 22.8 Å². The smallest absolute Gasteiger partial charge is 0.251 e. The number of amides is 1. The van der Waals surface area contributed by atoms with Crippen LogP contribution in [0.25, 0.3) is 0 Å². The van der Waals surface area contributed by atoms with Crippen molar-refractivity contribution >= 4 is 33.2 Å². The van der Waals surface area contributed by atoms with Crippen LogP contribution in [0.2, 0.25) is 5.02 Å². The molecule has 6 nitrogen and oxygen atoms in total. The normalized spacial score (nSPS) is 17.9. The molecule has 0 bridgehead atoms. The van der Waals surface area contributed by atoms with E-state index in [-0.39, 0.29) is 18.0 Å². The van der Waals surface area contributed by atoms with E-state index >= 15 is 0 Å². The summed E-state index contributed by atoms with van der Waals surface area (Å²) in [5, 5.41) is 7.09. The Labute approximate surface area is 206 Å². The summed E-state index contributed by atoms with van der Waals surface area (Å²) >= 11 is 6.25. The van der Waals surface area contributed by atoms with Crippen LogP contribution in [0.15, 0.2) is 78.9 Å². The van der Waals surface area contributed by atoms with Crippen molar-refractivity contribution in [3.05, 3.63) is 101 Å². The maximum absolute atomic E-state index is 13.1. The molecule has 0 radical (unpaired) electrons. The predicted octanol–water partition coefficient (Wildman–Crippen LogP) is 4.01. The van der Waals surface area contributed by atoms with Crippen LogP contribution in [0.1, 0.15) is 27.9 Å². The number of halogens is 1. The molecule has 0 aliphatic carbocycles. The number of sulfonamides is 1. The third-order valence-corrected chi connectivity index (χ3v) is 7.61. The summed E-state index contributed by atoms with van der Waals surface area (Å²) in [4.78, 5) is 13.1.